The van der Waals surface area contributed by atoms with Crippen molar-refractivity contribution in [2.75, 3.05) is 4.72 Å². The first kappa shape index (κ1) is 12.6. The lowest BCUT2D eigenvalue weighted by atomic mass is 10.4. The van der Waals surface area contributed by atoms with Crippen LogP contribution in [0.1, 0.15) is 17.2 Å². The minimum Gasteiger partial charge on any atom is -0.465 e. The van der Waals surface area contributed by atoms with Crippen LogP contribution in [0.25, 0.3) is 0 Å². The predicted molar refractivity (Wildman–Crippen MR) is 65.8 cm³/mol. The Balaban J connectivity index is 2.33. The molecule has 0 amide bonds. The molecule has 0 aliphatic carbocycles. The van der Waals surface area contributed by atoms with Crippen LogP contribution in [0.5, 0.6) is 0 Å². The second kappa shape index (κ2) is 4.41. The highest BCUT2D eigenvalue weighted by molar-refractivity contribution is 7.92. The highest BCUT2D eigenvalue weighted by Crippen LogP contribution is 2.21. The number of furan rings is 1. The fraction of sp³-hybridized carbons (Fsp3) is 0.273. The molecular formula is C11H13N3O3S. The topological polar surface area (TPSA) is 85.1 Å². The molecular weight excluding hydrogens is 254 g/mol. The number of aromatic nitrogens is 2. The summed E-state index contributed by atoms with van der Waals surface area (Å²) in [6.07, 6.45) is 2.86. The van der Waals surface area contributed by atoms with Crippen molar-refractivity contribution in [3.8, 4) is 0 Å². The number of nitrogens with zero attached hydrogens (tertiary/aromatic N) is 2. The third-order valence-corrected chi connectivity index (χ3v) is 3.77. The molecule has 2 heterocycles. The zero-order valence-electron chi connectivity index (χ0n) is 10.3. The van der Waals surface area contributed by atoms with Gasteiger partial charge in [0.1, 0.15) is 16.4 Å². The van der Waals surface area contributed by atoms with Gasteiger partial charge in [-0.1, -0.05) is 0 Å². The van der Waals surface area contributed by atoms with E-state index in [0.717, 1.165) is 0 Å². The molecule has 0 atom stereocenters. The highest BCUT2D eigenvalue weighted by Gasteiger charge is 2.21. The summed E-state index contributed by atoms with van der Waals surface area (Å²) in [5, 5.41) is 0. The van der Waals surface area contributed by atoms with Crippen LogP contribution in [0, 0.1) is 20.8 Å². The molecule has 2 aromatic rings. The maximum atomic E-state index is 12.1. The van der Waals surface area contributed by atoms with Gasteiger partial charge in [0.2, 0.25) is 0 Å². The molecule has 0 saturated carbocycles. The quantitative estimate of drug-likeness (QED) is 0.916. The fourth-order valence-corrected chi connectivity index (χ4v) is 2.74. The van der Waals surface area contributed by atoms with E-state index in [0.29, 0.717) is 17.2 Å². The largest absolute Gasteiger partial charge is 0.465 e. The number of rotatable bonds is 3. The summed E-state index contributed by atoms with van der Waals surface area (Å²) in [5.74, 6) is 1.07. The number of hydrogen-bond acceptors (Lipinski definition) is 5. The minimum absolute atomic E-state index is 0.113. The Morgan fingerprint density at radius 3 is 2.39 bits per heavy atom. The number of hydrogen-bond donors (Lipinski definition) is 1. The second-order valence-corrected chi connectivity index (χ2v) is 5.58. The maximum Gasteiger partial charge on any atom is 0.266 e. The summed E-state index contributed by atoms with van der Waals surface area (Å²) in [7, 11) is -3.68. The molecule has 0 unspecified atom stereocenters. The summed E-state index contributed by atoms with van der Waals surface area (Å²) in [5.41, 5.74) is 0.716. The number of anilines is 1. The van der Waals surface area contributed by atoms with Crippen LogP contribution in [0.4, 0.5) is 5.82 Å². The van der Waals surface area contributed by atoms with Crippen molar-refractivity contribution in [1.29, 1.82) is 0 Å². The number of nitrogens with one attached hydrogen (secondary N) is 1. The fourth-order valence-electron chi connectivity index (χ4n) is 1.51. The van der Waals surface area contributed by atoms with Gasteiger partial charge in [0.15, 0.2) is 5.82 Å². The van der Waals surface area contributed by atoms with Crippen molar-refractivity contribution >= 4 is 15.8 Å². The Morgan fingerprint density at radius 1 is 1.17 bits per heavy atom. The maximum absolute atomic E-state index is 12.1. The van der Waals surface area contributed by atoms with Crippen molar-refractivity contribution < 1.29 is 12.8 Å². The Hall–Kier alpha value is -1.89. The summed E-state index contributed by atoms with van der Waals surface area (Å²) in [4.78, 5) is 8.03. The van der Waals surface area contributed by atoms with Gasteiger partial charge in [0, 0.05) is 6.07 Å². The van der Waals surface area contributed by atoms with Crippen LogP contribution in [0.15, 0.2) is 27.8 Å². The third kappa shape index (κ3) is 2.51. The number of aryl methyl sites for hydroxylation is 3. The molecule has 0 fully saturated rings. The minimum atomic E-state index is -3.68. The molecule has 18 heavy (non-hydrogen) atoms. The Morgan fingerprint density at radius 2 is 1.89 bits per heavy atom. The summed E-state index contributed by atoms with van der Waals surface area (Å²) >= 11 is 0. The second-order valence-electron chi connectivity index (χ2n) is 3.93. The van der Waals surface area contributed by atoms with Gasteiger partial charge >= 0.3 is 0 Å². The molecule has 0 radical (unpaired) electrons. The molecule has 0 saturated heterocycles. The van der Waals surface area contributed by atoms with Crippen LogP contribution in [-0.4, -0.2) is 18.4 Å². The first-order valence-electron chi connectivity index (χ1n) is 5.27. The zero-order chi connectivity index (χ0) is 13.3. The monoisotopic (exact) mass is 267 g/mol. The van der Waals surface area contributed by atoms with Crippen molar-refractivity contribution in [2.24, 2.45) is 0 Å². The van der Waals surface area contributed by atoms with E-state index in [1.54, 1.807) is 20.8 Å². The van der Waals surface area contributed by atoms with Gasteiger partial charge in [-0.05, 0) is 20.8 Å². The van der Waals surface area contributed by atoms with E-state index in [1.807, 2.05) is 0 Å². The van der Waals surface area contributed by atoms with Gasteiger partial charge in [-0.25, -0.2) is 13.4 Å². The Labute approximate surface area is 105 Å². The molecule has 2 rings (SSSR count). The normalized spacial score (nSPS) is 11.5. The average Bonchev–Trinajstić information content (AvgIpc) is 2.62. The molecule has 2 aromatic heterocycles. The molecule has 0 spiro atoms. The molecule has 0 aromatic carbocycles. The third-order valence-electron chi connectivity index (χ3n) is 2.30. The van der Waals surface area contributed by atoms with Gasteiger partial charge in [-0.2, -0.15) is 0 Å². The van der Waals surface area contributed by atoms with E-state index in [9.17, 15) is 8.42 Å². The SMILES string of the molecule is Cc1cnc(NS(=O)(=O)c2cc(C)oc2C)cn1. The Bertz CT molecular complexity index is 659. The van der Waals surface area contributed by atoms with Crippen LogP contribution in [0.3, 0.4) is 0 Å². The van der Waals surface area contributed by atoms with Gasteiger partial charge in [-0.15, -0.1) is 0 Å². The van der Waals surface area contributed by atoms with Gasteiger partial charge in [0.05, 0.1) is 18.1 Å². The lowest BCUT2D eigenvalue weighted by Gasteiger charge is -2.05. The van der Waals surface area contributed by atoms with Crippen LogP contribution >= 0.6 is 0 Å². The average molecular weight is 267 g/mol. The van der Waals surface area contributed by atoms with Crippen LogP contribution in [-0.2, 0) is 10.0 Å². The summed E-state index contributed by atoms with van der Waals surface area (Å²) in [6.45, 7) is 5.06. The van der Waals surface area contributed by atoms with E-state index in [-0.39, 0.29) is 10.7 Å². The van der Waals surface area contributed by atoms with Crippen LogP contribution in [0.2, 0.25) is 0 Å². The predicted octanol–water partition coefficient (Wildman–Crippen LogP) is 1.80. The van der Waals surface area contributed by atoms with Crippen LogP contribution < -0.4 is 4.72 Å². The first-order valence-corrected chi connectivity index (χ1v) is 6.75. The zero-order valence-corrected chi connectivity index (χ0v) is 11.1. The molecule has 6 nitrogen and oxygen atoms in total. The smallest absolute Gasteiger partial charge is 0.266 e. The molecule has 0 aliphatic heterocycles. The summed E-state index contributed by atoms with van der Waals surface area (Å²) < 4.78 is 31.7. The molecule has 96 valence electrons. The van der Waals surface area contributed by atoms with E-state index in [2.05, 4.69) is 14.7 Å². The summed E-state index contributed by atoms with van der Waals surface area (Å²) in [6, 6.07) is 1.47. The van der Waals surface area contributed by atoms with E-state index in [4.69, 9.17) is 4.42 Å². The Kier molecular flexibility index (Phi) is 3.08. The van der Waals surface area contributed by atoms with E-state index < -0.39 is 10.0 Å². The van der Waals surface area contributed by atoms with E-state index in [1.165, 1.54) is 18.5 Å². The molecule has 0 aliphatic rings. The lowest BCUT2D eigenvalue weighted by molar-refractivity contribution is 0.496. The van der Waals surface area contributed by atoms with Crippen molar-refractivity contribution in [2.45, 2.75) is 25.7 Å². The van der Waals surface area contributed by atoms with Crippen molar-refractivity contribution in [3.63, 3.8) is 0 Å². The van der Waals surface area contributed by atoms with Gasteiger partial charge < -0.3 is 4.42 Å². The molecule has 0 bridgehead atoms. The lowest BCUT2D eigenvalue weighted by Crippen LogP contribution is -2.14. The standard InChI is InChI=1S/C11H13N3O3S/c1-7-5-13-11(6-12-7)14-18(15,16)10-4-8(2)17-9(10)3/h4-6H,1-3H3,(H,13,14). The van der Waals surface area contributed by atoms with Crippen molar-refractivity contribution in [3.05, 3.63) is 35.7 Å². The highest BCUT2D eigenvalue weighted by atomic mass is 32.2. The molecule has 1 N–H and O–H groups in total. The number of sulfonamides is 1. The van der Waals surface area contributed by atoms with Crippen molar-refractivity contribution in [1.82, 2.24) is 9.97 Å². The van der Waals surface area contributed by atoms with E-state index >= 15 is 0 Å². The first-order chi connectivity index (χ1) is 8.38. The van der Waals surface area contributed by atoms with Gasteiger partial charge in [-0.3, -0.25) is 9.71 Å². The molecule has 7 heteroatoms. The van der Waals surface area contributed by atoms with Gasteiger partial charge in [0.25, 0.3) is 10.0 Å².